The van der Waals surface area contributed by atoms with Crippen LogP contribution in [0.5, 0.6) is 5.88 Å². The minimum atomic E-state index is 0.463. The number of aromatic nitrogens is 2. The second-order valence-corrected chi connectivity index (χ2v) is 4.59. The normalized spacial score (nSPS) is 20.7. The highest BCUT2D eigenvalue weighted by Crippen LogP contribution is 2.18. The van der Waals surface area contributed by atoms with E-state index in [1.165, 1.54) is 19.4 Å². The van der Waals surface area contributed by atoms with Gasteiger partial charge in [-0.05, 0) is 39.8 Å². The summed E-state index contributed by atoms with van der Waals surface area (Å²) < 4.78 is 5.62. The van der Waals surface area contributed by atoms with Gasteiger partial charge in [-0.2, -0.15) is 4.98 Å². The van der Waals surface area contributed by atoms with Crippen molar-refractivity contribution in [2.24, 2.45) is 0 Å². The number of hydrogen-bond donors (Lipinski definition) is 1. The van der Waals surface area contributed by atoms with Gasteiger partial charge in [0, 0.05) is 12.1 Å². The van der Waals surface area contributed by atoms with Gasteiger partial charge in [-0.25, -0.2) is 4.98 Å². The third kappa shape index (κ3) is 3.30. The fourth-order valence-corrected chi connectivity index (χ4v) is 2.28. The van der Waals surface area contributed by atoms with Gasteiger partial charge in [-0.15, -0.1) is 0 Å². The van der Waals surface area contributed by atoms with Gasteiger partial charge in [-0.3, -0.25) is 0 Å². The van der Waals surface area contributed by atoms with Crippen molar-refractivity contribution in [3.05, 3.63) is 11.9 Å². The molecule has 2 N–H and O–H groups in total. The van der Waals surface area contributed by atoms with Crippen LogP contribution in [0.3, 0.4) is 0 Å². The summed E-state index contributed by atoms with van der Waals surface area (Å²) in [5, 5.41) is 0. The highest BCUT2D eigenvalue weighted by Gasteiger charge is 2.20. The summed E-state index contributed by atoms with van der Waals surface area (Å²) in [5.41, 5.74) is 5.64. The molecule has 2 rings (SSSR count). The third-order valence-corrected chi connectivity index (χ3v) is 3.21. The molecule has 0 bridgehead atoms. The monoisotopic (exact) mass is 236 g/mol. The highest BCUT2D eigenvalue weighted by molar-refractivity contribution is 5.32. The Labute approximate surface area is 102 Å². The predicted octanol–water partition coefficient (Wildman–Crippen LogP) is 1.23. The van der Waals surface area contributed by atoms with E-state index in [0.717, 1.165) is 6.42 Å². The fourth-order valence-electron chi connectivity index (χ4n) is 2.28. The van der Waals surface area contributed by atoms with Crippen molar-refractivity contribution in [3.63, 3.8) is 0 Å². The molecule has 0 saturated carbocycles. The van der Waals surface area contributed by atoms with Gasteiger partial charge >= 0.3 is 0 Å². The van der Waals surface area contributed by atoms with Gasteiger partial charge in [0.05, 0.1) is 6.61 Å². The number of anilines is 1. The van der Waals surface area contributed by atoms with Crippen LogP contribution in [0.1, 0.15) is 25.1 Å². The molecule has 1 aromatic heterocycles. The van der Waals surface area contributed by atoms with Crippen molar-refractivity contribution in [1.82, 2.24) is 14.9 Å². The number of ether oxygens (including phenoxy) is 1. The summed E-state index contributed by atoms with van der Waals surface area (Å²) in [5.74, 6) is 1.69. The molecule has 1 atom stereocenters. The Morgan fingerprint density at radius 2 is 2.35 bits per heavy atom. The Morgan fingerprint density at radius 3 is 3.00 bits per heavy atom. The standard InChI is InChI=1S/C12H20N4O/c1-9-14-11(13)8-12(15-9)17-7-5-10-4-3-6-16(10)2/h8,10H,3-7H2,1-2H3,(H2,13,14,15). The zero-order valence-electron chi connectivity index (χ0n) is 10.5. The SMILES string of the molecule is Cc1nc(N)cc(OCCC2CCCN2C)n1. The van der Waals surface area contributed by atoms with Crippen LogP contribution < -0.4 is 10.5 Å². The summed E-state index contributed by atoms with van der Waals surface area (Å²) in [6.07, 6.45) is 3.60. The van der Waals surface area contributed by atoms with Crippen molar-refractivity contribution in [3.8, 4) is 5.88 Å². The summed E-state index contributed by atoms with van der Waals surface area (Å²) in [7, 11) is 2.17. The average Bonchev–Trinajstić information content (AvgIpc) is 2.63. The van der Waals surface area contributed by atoms with Crippen molar-refractivity contribution in [1.29, 1.82) is 0 Å². The predicted molar refractivity (Wildman–Crippen MR) is 66.9 cm³/mol. The van der Waals surface area contributed by atoms with E-state index in [-0.39, 0.29) is 0 Å². The molecule has 1 fully saturated rings. The summed E-state index contributed by atoms with van der Waals surface area (Å²) in [6.45, 7) is 3.70. The van der Waals surface area contributed by atoms with E-state index >= 15 is 0 Å². The summed E-state index contributed by atoms with van der Waals surface area (Å²) >= 11 is 0. The first-order valence-electron chi connectivity index (χ1n) is 6.09. The third-order valence-electron chi connectivity index (χ3n) is 3.21. The number of nitrogens with two attached hydrogens (primary N) is 1. The molecule has 5 nitrogen and oxygen atoms in total. The van der Waals surface area contributed by atoms with Gasteiger partial charge in [0.1, 0.15) is 11.6 Å². The first-order chi connectivity index (χ1) is 8.15. The average molecular weight is 236 g/mol. The first-order valence-corrected chi connectivity index (χ1v) is 6.09. The van der Waals surface area contributed by atoms with Crippen molar-refractivity contribution in [2.45, 2.75) is 32.2 Å². The molecule has 1 aliphatic heterocycles. The second kappa shape index (κ2) is 5.31. The molecule has 5 heteroatoms. The maximum atomic E-state index is 5.64. The van der Waals surface area contributed by atoms with Crippen LogP contribution >= 0.6 is 0 Å². The van der Waals surface area contributed by atoms with Gasteiger partial charge in [-0.1, -0.05) is 0 Å². The topological polar surface area (TPSA) is 64.3 Å². The molecule has 17 heavy (non-hydrogen) atoms. The van der Waals surface area contributed by atoms with Crippen LogP contribution in [0.15, 0.2) is 6.07 Å². The molecule has 1 unspecified atom stereocenters. The number of aryl methyl sites for hydroxylation is 1. The lowest BCUT2D eigenvalue weighted by Crippen LogP contribution is -2.26. The summed E-state index contributed by atoms with van der Waals surface area (Å²) in [4.78, 5) is 10.6. The van der Waals surface area contributed by atoms with E-state index < -0.39 is 0 Å². The highest BCUT2D eigenvalue weighted by atomic mass is 16.5. The molecular formula is C12H20N4O. The van der Waals surface area contributed by atoms with Gasteiger partial charge in [0.25, 0.3) is 0 Å². The zero-order valence-corrected chi connectivity index (χ0v) is 10.5. The van der Waals surface area contributed by atoms with Crippen LogP contribution in [-0.2, 0) is 0 Å². The van der Waals surface area contributed by atoms with Crippen molar-refractivity contribution < 1.29 is 4.74 Å². The van der Waals surface area contributed by atoms with Crippen LogP contribution in [-0.4, -0.2) is 41.1 Å². The number of likely N-dealkylation sites (tertiary alicyclic amines) is 1. The molecule has 0 amide bonds. The Balaban J connectivity index is 1.81. The fraction of sp³-hybridized carbons (Fsp3) is 0.667. The number of hydrogen-bond acceptors (Lipinski definition) is 5. The van der Waals surface area contributed by atoms with E-state index in [1.54, 1.807) is 6.07 Å². The molecule has 0 radical (unpaired) electrons. The minimum absolute atomic E-state index is 0.463. The maximum Gasteiger partial charge on any atom is 0.218 e. The maximum absolute atomic E-state index is 5.64. The zero-order chi connectivity index (χ0) is 12.3. The van der Waals surface area contributed by atoms with Crippen molar-refractivity contribution in [2.75, 3.05) is 25.9 Å². The molecule has 2 heterocycles. The lowest BCUT2D eigenvalue weighted by Gasteiger charge is -2.19. The van der Waals surface area contributed by atoms with Crippen molar-refractivity contribution >= 4 is 5.82 Å². The van der Waals surface area contributed by atoms with E-state index in [9.17, 15) is 0 Å². The Kier molecular flexibility index (Phi) is 3.78. The Hall–Kier alpha value is -1.36. The van der Waals surface area contributed by atoms with Crippen LogP contribution in [0.4, 0.5) is 5.82 Å². The summed E-state index contributed by atoms with van der Waals surface area (Å²) in [6, 6.07) is 2.32. The van der Waals surface area contributed by atoms with E-state index in [4.69, 9.17) is 10.5 Å². The van der Waals surface area contributed by atoms with Crippen LogP contribution in [0.2, 0.25) is 0 Å². The minimum Gasteiger partial charge on any atom is -0.477 e. The Bertz CT molecular complexity index is 363. The molecular weight excluding hydrogens is 216 g/mol. The smallest absolute Gasteiger partial charge is 0.218 e. The number of nitrogens with zero attached hydrogens (tertiary/aromatic N) is 3. The first kappa shape index (κ1) is 12.1. The lowest BCUT2D eigenvalue weighted by molar-refractivity contribution is 0.228. The number of nitrogen functional groups attached to an aromatic ring is 1. The van der Waals surface area contributed by atoms with Crippen LogP contribution in [0.25, 0.3) is 0 Å². The molecule has 1 aromatic rings. The largest absolute Gasteiger partial charge is 0.477 e. The molecule has 0 aromatic carbocycles. The quantitative estimate of drug-likeness (QED) is 0.851. The van der Waals surface area contributed by atoms with E-state index in [0.29, 0.717) is 30.2 Å². The van der Waals surface area contributed by atoms with Gasteiger partial charge in [0.2, 0.25) is 5.88 Å². The second-order valence-electron chi connectivity index (χ2n) is 4.59. The molecule has 1 saturated heterocycles. The lowest BCUT2D eigenvalue weighted by atomic mass is 10.1. The van der Waals surface area contributed by atoms with Crippen LogP contribution in [0, 0.1) is 6.92 Å². The molecule has 0 spiro atoms. The molecule has 1 aliphatic rings. The van der Waals surface area contributed by atoms with E-state index in [1.807, 2.05) is 6.92 Å². The molecule has 94 valence electrons. The number of rotatable bonds is 4. The molecule has 0 aliphatic carbocycles. The van der Waals surface area contributed by atoms with Gasteiger partial charge in [0.15, 0.2) is 0 Å². The van der Waals surface area contributed by atoms with E-state index in [2.05, 4.69) is 21.9 Å². The van der Waals surface area contributed by atoms with Gasteiger partial charge < -0.3 is 15.4 Å². The Morgan fingerprint density at radius 1 is 1.53 bits per heavy atom.